The highest BCUT2D eigenvalue weighted by molar-refractivity contribution is 6.30. The van der Waals surface area contributed by atoms with Gasteiger partial charge in [-0.25, -0.2) is 0 Å². The third-order valence-corrected chi connectivity index (χ3v) is 2.43. The predicted octanol–water partition coefficient (Wildman–Crippen LogP) is 0.506. The Morgan fingerprint density at radius 3 is 3.08 bits per heavy atom. The largest absolute Gasteiger partial charge is 0.396 e. The highest BCUT2D eigenvalue weighted by Gasteiger charge is 2.05. The molecule has 1 heterocycles. The first kappa shape index (κ1) is 8.73. The van der Waals surface area contributed by atoms with E-state index in [0.29, 0.717) is 13.0 Å². The Kier molecular flexibility index (Phi) is 2.34. The van der Waals surface area contributed by atoms with Gasteiger partial charge in [0.15, 0.2) is 0 Å². The molecule has 0 atom stereocenters. The Labute approximate surface area is 81.2 Å². The van der Waals surface area contributed by atoms with Crippen LogP contribution in [0.1, 0.15) is 6.42 Å². The van der Waals surface area contributed by atoms with Gasteiger partial charge in [0.05, 0.1) is 11.9 Å². The summed E-state index contributed by atoms with van der Waals surface area (Å²) in [5, 5.41) is 11.6. The lowest BCUT2D eigenvalue weighted by atomic mass is 10.1. The summed E-state index contributed by atoms with van der Waals surface area (Å²) in [4.78, 5) is 4.33. The minimum absolute atomic E-state index is 0.177. The number of aliphatic hydroxyl groups is 1. The van der Waals surface area contributed by atoms with Crippen molar-refractivity contribution in [1.82, 2.24) is 0 Å². The molecular formula is C10H10ClNO. The lowest BCUT2D eigenvalue weighted by molar-refractivity contribution is 0.304. The van der Waals surface area contributed by atoms with Gasteiger partial charge >= 0.3 is 0 Å². The van der Waals surface area contributed by atoms with E-state index in [1.165, 1.54) is 5.57 Å². The van der Waals surface area contributed by atoms with E-state index >= 15 is 0 Å². The van der Waals surface area contributed by atoms with E-state index in [1.807, 2.05) is 18.2 Å². The molecule has 0 spiro atoms. The fourth-order valence-electron chi connectivity index (χ4n) is 1.54. The molecule has 0 saturated heterocycles. The van der Waals surface area contributed by atoms with Gasteiger partial charge in [-0.1, -0.05) is 11.6 Å². The molecule has 0 unspecified atom stereocenters. The Bertz CT molecular complexity index is 439. The molecule has 0 radical (unpaired) electrons. The summed E-state index contributed by atoms with van der Waals surface area (Å²) in [6.45, 7) is 0.882. The standard InChI is InChI=1S/C10H10ClNO/c11-8-1-2-10-9(5-8)7(3-4-13)6-12-10/h1-2,5,13H,3-4,6H2. The van der Waals surface area contributed by atoms with Gasteiger partial charge in [0.25, 0.3) is 0 Å². The van der Waals surface area contributed by atoms with E-state index in [9.17, 15) is 0 Å². The number of nitrogens with zero attached hydrogens (tertiary/aromatic N) is 1. The molecule has 3 heteroatoms. The maximum atomic E-state index is 8.83. The first-order valence-electron chi connectivity index (χ1n) is 4.24. The van der Waals surface area contributed by atoms with Crippen LogP contribution in [0.3, 0.4) is 0 Å². The van der Waals surface area contributed by atoms with Crippen molar-refractivity contribution in [3.8, 4) is 0 Å². The number of hydrogen-bond acceptors (Lipinski definition) is 2. The second-order valence-corrected chi connectivity index (χ2v) is 3.49. The monoisotopic (exact) mass is 195 g/mol. The fourth-order valence-corrected chi connectivity index (χ4v) is 1.72. The molecule has 1 N–H and O–H groups in total. The molecule has 68 valence electrons. The molecular weight excluding hydrogens is 186 g/mol. The molecule has 1 aliphatic heterocycles. The van der Waals surface area contributed by atoms with E-state index in [1.54, 1.807) is 0 Å². The lowest BCUT2D eigenvalue weighted by Gasteiger charge is -1.95. The quantitative estimate of drug-likeness (QED) is 0.733. The van der Waals surface area contributed by atoms with E-state index in [2.05, 4.69) is 4.99 Å². The van der Waals surface area contributed by atoms with Crippen LogP contribution in [0.4, 0.5) is 0 Å². The van der Waals surface area contributed by atoms with Crippen molar-refractivity contribution in [2.24, 2.45) is 4.99 Å². The van der Waals surface area contributed by atoms with E-state index in [4.69, 9.17) is 16.7 Å². The van der Waals surface area contributed by atoms with Crippen LogP contribution in [0.2, 0.25) is 5.02 Å². The normalized spacial score (nSPS) is 14.2. The zero-order valence-corrected chi connectivity index (χ0v) is 7.88. The van der Waals surface area contributed by atoms with Crippen LogP contribution in [0.15, 0.2) is 23.2 Å². The zero-order chi connectivity index (χ0) is 9.26. The van der Waals surface area contributed by atoms with Gasteiger partial charge in [-0.05, 0) is 30.2 Å². The molecule has 1 aliphatic rings. The van der Waals surface area contributed by atoms with Crippen molar-refractivity contribution in [3.63, 3.8) is 0 Å². The first-order chi connectivity index (χ1) is 6.31. The van der Waals surface area contributed by atoms with E-state index in [0.717, 1.165) is 15.6 Å². The van der Waals surface area contributed by atoms with Gasteiger partial charge < -0.3 is 5.11 Å². The molecule has 0 aliphatic carbocycles. The number of fused-ring (bicyclic) bond motifs is 1. The Morgan fingerprint density at radius 2 is 2.31 bits per heavy atom. The van der Waals surface area contributed by atoms with Crippen molar-refractivity contribution in [1.29, 1.82) is 0 Å². The van der Waals surface area contributed by atoms with Crippen molar-refractivity contribution in [2.45, 2.75) is 6.42 Å². The Hall–Kier alpha value is -0.860. The molecule has 0 bridgehead atoms. The summed E-state index contributed by atoms with van der Waals surface area (Å²) in [7, 11) is 0. The Morgan fingerprint density at radius 1 is 1.46 bits per heavy atom. The third-order valence-electron chi connectivity index (χ3n) is 2.19. The number of halogens is 1. The van der Waals surface area contributed by atoms with Crippen LogP contribution in [0.25, 0.3) is 5.57 Å². The lowest BCUT2D eigenvalue weighted by Crippen LogP contribution is -2.22. The topological polar surface area (TPSA) is 32.6 Å². The minimum atomic E-state index is 0.177. The highest BCUT2D eigenvalue weighted by atomic mass is 35.5. The number of rotatable bonds is 2. The summed E-state index contributed by atoms with van der Waals surface area (Å²) in [6, 6.07) is 5.67. The second-order valence-electron chi connectivity index (χ2n) is 3.05. The molecule has 2 rings (SSSR count). The van der Waals surface area contributed by atoms with Crippen LogP contribution in [0, 0.1) is 0 Å². The molecule has 2 nitrogen and oxygen atoms in total. The van der Waals surface area contributed by atoms with E-state index < -0.39 is 0 Å². The van der Waals surface area contributed by atoms with Crippen molar-refractivity contribution < 1.29 is 5.11 Å². The molecule has 0 saturated carbocycles. The summed E-state index contributed by atoms with van der Waals surface area (Å²) in [6.07, 6.45) is 0.691. The average molecular weight is 196 g/mol. The Balaban J connectivity index is 2.61. The molecule has 1 aromatic carbocycles. The molecule has 13 heavy (non-hydrogen) atoms. The first-order valence-corrected chi connectivity index (χ1v) is 4.62. The zero-order valence-electron chi connectivity index (χ0n) is 7.13. The highest BCUT2D eigenvalue weighted by Crippen LogP contribution is 2.06. The summed E-state index contributed by atoms with van der Waals surface area (Å²) < 4.78 is 0. The fraction of sp³-hybridized carbons (Fsp3) is 0.300. The summed E-state index contributed by atoms with van der Waals surface area (Å²) in [5.74, 6) is 0. The van der Waals surface area contributed by atoms with Gasteiger partial charge in [0, 0.05) is 16.8 Å². The smallest absolute Gasteiger partial charge is 0.0651 e. The van der Waals surface area contributed by atoms with Crippen LogP contribution < -0.4 is 10.6 Å². The molecule has 0 fully saturated rings. The predicted molar refractivity (Wildman–Crippen MR) is 52.2 cm³/mol. The molecule has 1 aromatic rings. The van der Waals surface area contributed by atoms with Gasteiger partial charge in [0.1, 0.15) is 0 Å². The van der Waals surface area contributed by atoms with Crippen molar-refractivity contribution in [2.75, 3.05) is 13.2 Å². The summed E-state index contributed by atoms with van der Waals surface area (Å²) >= 11 is 5.87. The summed E-state index contributed by atoms with van der Waals surface area (Å²) in [5.41, 5.74) is 1.18. The van der Waals surface area contributed by atoms with Crippen LogP contribution >= 0.6 is 11.6 Å². The number of aliphatic hydroxyl groups excluding tert-OH is 1. The number of hydrogen-bond donors (Lipinski definition) is 1. The third kappa shape index (κ3) is 1.60. The van der Waals surface area contributed by atoms with Crippen LogP contribution in [0.5, 0.6) is 0 Å². The molecule has 0 aromatic heterocycles. The van der Waals surface area contributed by atoms with Gasteiger partial charge in [0.2, 0.25) is 0 Å². The van der Waals surface area contributed by atoms with Crippen LogP contribution in [-0.4, -0.2) is 18.3 Å². The number of benzene rings is 1. The molecule has 0 amide bonds. The minimum Gasteiger partial charge on any atom is -0.396 e. The maximum absolute atomic E-state index is 8.83. The average Bonchev–Trinajstić information content (AvgIpc) is 2.49. The van der Waals surface area contributed by atoms with Crippen molar-refractivity contribution in [3.05, 3.63) is 33.8 Å². The van der Waals surface area contributed by atoms with Gasteiger partial charge in [-0.2, -0.15) is 0 Å². The van der Waals surface area contributed by atoms with Crippen LogP contribution in [-0.2, 0) is 0 Å². The van der Waals surface area contributed by atoms with Crippen molar-refractivity contribution >= 4 is 17.2 Å². The SMILES string of the molecule is OCCC1=c2cc(Cl)ccc2=NC1. The van der Waals surface area contributed by atoms with Gasteiger partial charge in [-0.3, -0.25) is 4.99 Å². The van der Waals surface area contributed by atoms with E-state index in [-0.39, 0.29) is 6.61 Å². The van der Waals surface area contributed by atoms with Gasteiger partial charge in [-0.15, -0.1) is 0 Å². The second kappa shape index (κ2) is 3.48. The maximum Gasteiger partial charge on any atom is 0.0651 e.